The van der Waals surface area contributed by atoms with Gasteiger partial charge in [-0.25, -0.2) is 0 Å². The Morgan fingerprint density at radius 1 is 1.33 bits per heavy atom. The Morgan fingerprint density at radius 3 is 2.25 bits per heavy atom. The van der Waals surface area contributed by atoms with Crippen molar-refractivity contribution in [2.24, 2.45) is 0 Å². The second-order valence-electron chi connectivity index (χ2n) is 2.94. The van der Waals surface area contributed by atoms with Gasteiger partial charge < -0.3 is 0 Å². The van der Waals surface area contributed by atoms with Crippen LogP contribution in [0.25, 0.3) is 0 Å². The molecule has 0 aliphatic carbocycles. The molecule has 12 heavy (non-hydrogen) atoms. The monoisotopic (exact) mass is 224 g/mol. The molecule has 0 N–H and O–H groups in total. The molecule has 1 aromatic rings. The van der Waals surface area contributed by atoms with Crippen LogP contribution in [0.4, 0.5) is 0 Å². The summed E-state index contributed by atoms with van der Waals surface area (Å²) in [6, 6.07) is 6.33. The number of aryl methyl sites for hydroxylation is 2. The minimum atomic E-state index is 0.277. The van der Waals surface area contributed by atoms with Gasteiger partial charge in [-0.05, 0) is 30.5 Å². The molecule has 0 aromatic heterocycles. The summed E-state index contributed by atoms with van der Waals surface area (Å²) in [5, 5.41) is 0. The zero-order chi connectivity index (χ0) is 9.14. The molecule has 1 atom stereocenters. The van der Waals surface area contributed by atoms with Crippen molar-refractivity contribution in [1.29, 1.82) is 0 Å². The highest BCUT2D eigenvalue weighted by molar-refractivity contribution is 9.09. The molecule has 1 aromatic carbocycles. The molecule has 1 rings (SSSR count). The van der Waals surface area contributed by atoms with E-state index >= 15 is 0 Å². The summed E-state index contributed by atoms with van der Waals surface area (Å²) in [6.45, 7) is 8.02. The van der Waals surface area contributed by atoms with E-state index in [4.69, 9.17) is 0 Å². The molecule has 0 aliphatic rings. The predicted molar refractivity (Wildman–Crippen MR) is 57.8 cm³/mol. The van der Waals surface area contributed by atoms with Crippen molar-refractivity contribution >= 4 is 15.9 Å². The van der Waals surface area contributed by atoms with Crippen molar-refractivity contribution in [2.45, 2.75) is 18.7 Å². The van der Waals surface area contributed by atoms with Crippen LogP contribution in [-0.2, 0) is 0 Å². The van der Waals surface area contributed by atoms with Gasteiger partial charge in [0.1, 0.15) is 0 Å². The molecular formula is C11H13Br. The molecule has 0 saturated carbocycles. The van der Waals surface area contributed by atoms with Gasteiger partial charge in [0.15, 0.2) is 0 Å². The van der Waals surface area contributed by atoms with E-state index in [9.17, 15) is 0 Å². The van der Waals surface area contributed by atoms with E-state index in [0.717, 1.165) is 0 Å². The highest BCUT2D eigenvalue weighted by Gasteiger charge is 2.07. The second-order valence-corrected chi connectivity index (χ2v) is 3.93. The Balaban J connectivity index is 3.20. The lowest BCUT2D eigenvalue weighted by molar-refractivity contribution is 1.16. The molecule has 1 unspecified atom stereocenters. The summed E-state index contributed by atoms with van der Waals surface area (Å²) >= 11 is 3.57. The molecule has 0 fully saturated rings. The van der Waals surface area contributed by atoms with Crippen molar-refractivity contribution in [1.82, 2.24) is 0 Å². The van der Waals surface area contributed by atoms with Crippen LogP contribution in [0.5, 0.6) is 0 Å². The predicted octanol–water partition coefficient (Wildman–Crippen LogP) is 3.93. The zero-order valence-electron chi connectivity index (χ0n) is 7.47. The van der Waals surface area contributed by atoms with E-state index in [1.807, 2.05) is 6.08 Å². The van der Waals surface area contributed by atoms with Gasteiger partial charge in [-0.15, -0.1) is 6.58 Å². The molecule has 64 valence electrons. The summed E-state index contributed by atoms with van der Waals surface area (Å²) in [4.78, 5) is 0.277. The zero-order valence-corrected chi connectivity index (χ0v) is 9.06. The maximum absolute atomic E-state index is 3.77. The Bertz CT molecular complexity index is 269. The quantitative estimate of drug-likeness (QED) is 0.528. The fourth-order valence-corrected chi connectivity index (χ4v) is 2.10. The SMILES string of the molecule is C=CC(Br)c1c(C)cccc1C. The number of hydrogen-bond acceptors (Lipinski definition) is 0. The van der Waals surface area contributed by atoms with Gasteiger partial charge in [0.05, 0.1) is 4.83 Å². The van der Waals surface area contributed by atoms with E-state index in [1.165, 1.54) is 16.7 Å². The van der Waals surface area contributed by atoms with Crippen molar-refractivity contribution < 1.29 is 0 Å². The molecule has 0 nitrogen and oxygen atoms in total. The van der Waals surface area contributed by atoms with Crippen LogP contribution in [0.1, 0.15) is 21.5 Å². The summed E-state index contributed by atoms with van der Waals surface area (Å²) in [6.07, 6.45) is 1.91. The van der Waals surface area contributed by atoms with E-state index in [1.54, 1.807) is 0 Å². The standard InChI is InChI=1S/C11H13Br/c1-4-10(12)11-8(2)6-5-7-9(11)3/h4-7,10H,1H2,2-3H3. The van der Waals surface area contributed by atoms with Crippen molar-refractivity contribution in [3.8, 4) is 0 Å². The third-order valence-corrected chi connectivity index (χ3v) is 2.86. The summed E-state index contributed by atoms with van der Waals surface area (Å²) < 4.78 is 0. The second kappa shape index (κ2) is 3.90. The van der Waals surface area contributed by atoms with Gasteiger partial charge >= 0.3 is 0 Å². The molecule has 0 bridgehead atoms. The summed E-state index contributed by atoms with van der Waals surface area (Å²) in [5.74, 6) is 0. The molecule has 0 spiro atoms. The molecule has 0 aliphatic heterocycles. The highest BCUT2D eigenvalue weighted by atomic mass is 79.9. The van der Waals surface area contributed by atoms with Crippen LogP contribution >= 0.6 is 15.9 Å². The van der Waals surface area contributed by atoms with Gasteiger partial charge in [-0.2, -0.15) is 0 Å². The minimum absolute atomic E-state index is 0.277. The van der Waals surface area contributed by atoms with Crippen molar-refractivity contribution in [2.75, 3.05) is 0 Å². The van der Waals surface area contributed by atoms with Gasteiger partial charge in [-0.3, -0.25) is 0 Å². The average Bonchev–Trinajstić information content (AvgIpc) is 2.03. The number of benzene rings is 1. The fourth-order valence-electron chi connectivity index (χ4n) is 1.38. The first-order valence-electron chi connectivity index (χ1n) is 3.99. The summed E-state index contributed by atoms with van der Waals surface area (Å²) in [7, 11) is 0. The smallest absolute Gasteiger partial charge is 0.0577 e. The Kier molecular flexibility index (Phi) is 3.10. The highest BCUT2D eigenvalue weighted by Crippen LogP contribution is 2.29. The number of hydrogen-bond donors (Lipinski definition) is 0. The van der Waals surface area contributed by atoms with Crippen LogP contribution in [0.3, 0.4) is 0 Å². The van der Waals surface area contributed by atoms with Crippen molar-refractivity contribution in [3.63, 3.8) is 0 Å². The Labute approximate surface area is 82.4 Å². The van der Waals surface area contributed by atoms with E-state index in [-0.39, 0.29) is 4.83 Å². The topological polar surface area (TPSA) is 0 Å². The number of rotatable bonds is 2. The van der Waals surface area contributed by atoms with E-state index in [2.05, 4.69) is 54.6 Å². The van der Waals surface area contributed by atoms with Gasteiger partial charge in [-0.1, -0.05) is 40.2 Å². The minimum Gasteiger partial charge on any atom is -0.102 e. The van der Waals surface area contributed by atoms with E-state index < -0.39 is 0 Å². The number of halogens is 1. The third kappa shape index (κ3) is 1.78. The van der Waals surface area contributed by atoms with E-state index in [0.29, 0.717) is 0 Å². The van der Waals surface area contributed by atoms with Crippen LogP contribution in [0.15, 0.2) is 30.9 Å². The Hall–Kier alpha value is -0.560. The van der Waals surface area contributed by atoms with Crippen LogP contribution in [-0.4, -0.2) is 0 Å². The molecule has 0 saturated heterocycles. The molecule has 1 heteroatoms. The lowest BCUT2D eigenvalue weighted by Crippen LogP contribution is -1.93. The van der Waals surface area contributed by atoms with Crippen LogP contribution in [0, 0.1) is 13.8 Å². The normalized spacial score (nSPS) is 12.6. The lowest BCUT2D eigenvalue weighted by atomic mass is 10.0. The Morgan fingerprint density at radius 2 is 1.83 bits per heavy atom. The molecule has 0 radical (unpaired) electrons. The number of alkyl halides is 1. The van der Waals surface area contributed by atoms with Crippen molar-refractivity contribution in [3.05, 3.63) is 47.5 Å². The molecule has 0 heterocycles. The first-order valence-corrected chi connectivity index (χ1v) is 4.91. The molecular weight excluding hydrogens is 212 g/mol. The maximum Gasteiger partial charge on any atom is 0.0577 e. The van der Waals surface area contributed by atoms with Crippen LogP contribution < -0.4 is 0 Å². The van der Waals surface area contributed by atoms with Gasteiger partial charge in [0.25, 0.3) is 0 Å². The molecule has 0 amide bonds. The summed E-state index contributed by atoms with van der Waals surface area (Å²) in [5.41, 5.74) is 3.97. The largest absolute Gasteiger partial charge is 0.102 e. The van der Waals surface area contributed by atoms with Gasteiger partial charge in [0, 0.05) is 0 Å². The lowest BCUT2D eigenvalue weighted by Gasteiger charge is -2.11. The third-order valence-electron chi connectivity index (χ3n) is 2.02. The van der Waals surface area contributed by atoms with Gasteiger partial charge in [0.2, 0.25) is 0 Å². The first-order chi connectivity index (χ1) is 5.66. The number of allylic oxidation sites excluding steroid dienone is 1. The first kappa shape index (κ1) is 9.53. The van der Waals surface area contributed by atoms with Crippen LogP contribution in [0.2, 0.25) is 0 Å². The maximum atomic E-state index is 3.77. The average molecular weight is 225 g/mol. The fraction of sp³-hybridized carbons (Fsp3) is 0.273.